The molecule has 0 aliphatic carbocycles. The third-order valence-corrected chi connectivity index (χ3v) is 5.01. The second-order valence-electron chi connectivity index (χ2n) is 8.72. The molecule has 1 amide bonds. The summed E-state index contributed by atoms with van der Waals surface area (Å²) in [6, 6.07) is 12.2. The van der Waals surface area contributed by atoms with Crippen molar-refractivity contribution in [3.05, 3.63) is 71.3 Å². The van der Waals surface area contributed by atoms with Crippen LogP contribution >= 0.6 is 0 Å². The molecule has 1 N–H and O–H groups in total. The summed E-state index contributed by atoms with van der Waals surface area (Å²) in [5.41, 5.74) is 1.55. The van der Waals surface area contributed by atoms with Crippen molar-refractivity contribution in [2.75, 3.05) is 6.61 Å². The van der Waals surface area contributed by atoms with Crippen molar-refractivity contribution in [1.82, 2.24) is 9.88 Å². The number of ketones is 1. The van der Waals surface area contributed by atoms with Gasteiger partial charge in [-0.25, -0.2) is 0 Å². The molecule has 164 valence electrons. The minimum absolute atomic E-state index is 0.106. The number of ether oxygens (including phenoxy) is 1. The minimum atomic E-state index is -0.691. The number of benzene rings is 1. The quantitative estimate of drug-likeness (QED) is 0.637. The Kier molecular flexibility index (Phi) is 7.10. The van der Waals surface area contributed by atoms with Gasteiger partial charge in [0, 0.05) is 12.6 Å². The van der Waals surface area contributed by atoms with Crippen molar-refractivity contribution in [2.45, 2.75) is 46.7 Å². The van der Waals surface area contributed by atoms with Gasteiger partial charge in [0.1, 0.15) is 5.75 Å². The zero-order valence-corrected chi connectivity index (χ0v) is 18.5. The van der Waals surface area contributed by atoms with E-state index < -0.39 is 17.7 Å². The summed E-state index contributed by atoms with van der Waals surface area (Å²) in [7, 11) is 0. The summed E-state index contributed by atoms with van der Waals surface area (Å²) in [5.74, 6) is -0.115. The van der Waals surface area contributed by atoms with Gasteiger partial charge in [0.2, 0.25) is 0 Å². The van der Waals surface area contributed by atoms with Crippen molar-refractivity contribution < 1.29 is 19.4 Å². The lowest BCUT2D eigenvalue weighted by Gasteiger charge is -2.27. The average molecular weight is 423 g/mol. The molecule has 1 aromatic carbocycles. The molecule has 1 unspecified atom stereocenters. The van der Waals surface area contributed by atoms with Crippen LogP contribution in [0.15, 0.2) is 60.0 Å². The van der Waals surface area contributed by atoms with E-state index in [1.807, 2.05) is 50.2 Å². The number of hydrogen-bond acceptors (Lipinski definition) is 5. The van der Waals surface area contributed by atoms with E-state index in [0.29, 0.717) is 24.0 Å². The van der Waals surface area contributed by atoms with Crippen LogP contribution in [0.4, 0.5) is 0 Å². The average Bonchev–Trinajstić information content (AvgIpc) is 2.98. The highest BCUT2D eigenvalue weighted by molar-refractivity contribution is 6.09. The number of aliphatic hydroxyl groups excluding tert-OH is 1. The van der Waals surface area contributed by atoms with E-state index in [1.165, 1.54) is 4.90 Å². The summed E-state index contributed by atoms with van der Waals surface area (Å²) in [6.07, 6.45) is 1.91. The fourth-order valence-electron chi connectivity index (χ4n) is 3.63. The third kappa shape index (κ3) is 5.32. The lowest BCUT2D eigenvalue weighted by Crippen LogP contribution is -2.31. The SMILES string of the molecule is CC(C)COc1cccc(C2C(C(=O)CC(C)C)=C(O)C(=O)N2Cc2ccccn2)c1. The fourth-order valence-corrected chi connectivity index (χ4v) is 3.63. The minimum Gasteiger partial charge on any atom is -0.503 e. The van der Waals surface area contributed by atoms with Crippen molar-refractivity contribution in [1.29, 1.82) is 0 Å². The van der Waals surface area contributed by atoms with Gasteiger partial charge < -0.3 is 14.7 Å². The fraction of sp³-hybridized carbons (Fsp3) is 0.400. The number of amides is 1. The van der Waals surface area contributed by atoms with Crippen LogP contribution in [0.3, 0.4) is 0 Å². The number of rotatable bonds is 9. The van der Waals surface area contributed by atoms with Crippen LogP contribution in [-0.4, -0.2) is 33.3 Å². The normalized spacial score (nSPS) is 16.5. The Balaban J connectivity index is 2.01. The summed E-state index contributed by atoms with van der Waals surface area (Å²) in [4.78, 5) is 31.9. The van der Waals surface area contributed by atoms with Gasteiger partial charge >= 0.3 is 0 Å². The van der Waals surface area contributed by atoms with Gasteiger partial charge in [-0.1, -0.05) is 45.9 Å². The van der Waals surface area contributed by atoms with Gasteiger partial charge in [-0.05, 0) is 41.7 Å². The molecule has 2 heterocycles. The van der Waals surface area contributed by atoms with E-state index in [9.17, 15) is 14.7 Å². The molecule has 0 bridgehead atoms. The van der Waals surface area contributed by atoms with Gasteiger partial charge in [-0.15, -0.1) is 0 Å². The number of nitrogens with zero attached hydrogens (tertiary/aromatic N) is 2. The van der Waals surface area contributed by atoms with Crippen LogP contribution in [-0.2, 0) is 16.1 Å². The summed E-state index contributed by atoms with van der Waals surface area (Å²) in [5, 5.41) is 10.7. The Bertz CT molecular complexity index is 966. The molecule has 0 spiro atoms. The van der Waals surface area contributed by atoms with Gasteiger partial charge in [-0.2, -0.15) is 0 Å². The number of hydrogen-bond donors (Lipinski definition) is 1. The Hall–Kier alpha value is -3.15. The Labute approximate surface area is 183 Å². The van der Waals surface area contributed by atoms with E-state index in [1.54, 1.807) is 12.3 Å². The first-order chi connectivity index (χ1) is 14.8. The number of pyridine rings is 1. The first-order valence-corrected chi connectivity index (χ1v) is 10.7. The number of aliphatic hydroxyl groups is 1. The second kappa shape index (κ2) is 9.77. The maximum absolute atomic E-state index is 13.0. The number of aromatic nitrogens is 1. The second-order valence-corrected chi connectivity index (χ2v) is 8.72. The largest absolute Gasteiger partial charge is 0.503 e. The molecule has 0 radical (unpaired) electrons. The van der Waals surface area contributed by atoms with Gasteiger partial charge in [-0.3, -0.25) is 14.6 Å². The van der Waals surface area contributed by atoms with Crippen LogP contribution < -0.4 is 4.74 Å². The standard InChI is InChI=1S/C25H30N2O4/c1-16(2)12-21(28)22-23(18-8-7-10-20(13-18)31-15-17(3)4)27(25(30)24(22)29)14-19-9-5-6-11-26-19/h5-11,13,16-17,23,29H,12,14-15H2,1-4H3. The lowest BCUT2D eigenvalue weighted by molar-refractivity contribution is -0.130. The number of Topliss-reactive ketones (excluding diaryl/α,β-unsaturated/α-hetero) is 1. The highest BCUT2D eigenvalue weighted by Gasteiger charge is 2.43. The Morgan fingerprint density at radius 2 is 1.90 bits per heavy atom. The van der Waals surface area contributed by atoms with Crippen molar-refractivity contribution in [3.8, 4) is 5.75 Å². The molecule has 31 heavy (non-hydrogen) atoms. The summed E-state index contributed by atoms with van der Waals surface area (Å²) < 4.78 is 5.86. The first kappa shape index (κ1) is 22.5. The molecule has 2 aromatic rings. The van der Waals surface area contributed by atoms with Crippen LogP contribution in [0.25, 0.3) is 0 Å². The zero-order chi connectivity index (χ0) is 22.5. The molecule has 0 fully saturated rings. The summed E-state index contributed by atoms with van der Waals surface area (Å²) in [6.45, 7) is 8.75. The van der Waals surface area contributed by atoms with E-state index >= 15 is 0 Å². The highest BCUT2D eigenvalue weighted by atomic mass is 16.5. The predicted octanol–water partition coefficient (Wildman–Crippen LogP) is 4.63. The Morgan fingerprint density at radius 3 is 2.55 bits per heavy atom. The van der Waals surface area contributed by atoms with Crippen LogP contribution in [0.1, 0.15) is 51.4 Å². The molecule has 1 aliphatic rings. The third-order valence-electron chi connectivity index (χ3n) is 5.01. The molecular formula is C25H30N2O4. The van der Waals surface area contributed by atoms with E-state index in [2.05, 4.69) is 18.8 Å². The molecule has 3 rings (SSSR count). The molecule has 1 atom stereocenters. The van der Waals surface area contributed by atoms with Crippen LogP contribution in [0.5, 0.6) is 5.75 Å². The maximum Gasteiger partial charge on any atom is 0.290 e. The predicted molar refractivity (Wildman–Crippen MR) is 118 cm³/mol. The monoisotopic (exact) mass is 422 g/mol. The molecular weight excluding hydrogens is 392 g/mol. The molecule has 1 aromatic heterocycles. The lowest BCUT2D eigenvalue weighted by atomic mass is 9.92. The molecule has 6 nitrogen and oxygen atoms in total. The van der Waals surface area contributed by atoms with E-state index in [0.717, 1.165) is 5.56 Å². The van der Waals surface area contributed by atoms with Gasteiger partial charge in [0.05, 0.1) is 30.5 Å². The van der Waals surface area contributed by atoms with Crippen molar-refractivity contribution in [3.63, 3.8) is 0 Å². The van der Waals surface area contributed by atoms with Crippen molar-refractivity contribution in [2.24, 2.45) is 11.8 Å². The van der Waals surface area contributed by atoms with Crippen LogP contribution in [0, 0.1) is 11.8 Å². The number of carbonyl (C=O) groups excluding carboxylic acids is 2. The molecule has 1 aliphatic heterocycles. The highest BCUT2D eigenvalue weighted by Crippen LogP contribution is 2.40. The van der Waals surface area contributed by atoms with E-state index in [-0.39, 0.29) is 30.2 Å². The zero-order valence-electron chi connectivity index (χ0n) is 18.5. The Morgan fingerprint density at radius 1 is 1.13 bits per heavy atom. The summed E-state index contributed by atoms with van der Waals surface area (Å²) >= 11 is 0. The molecule has 0 saturated heterocycles. The van der Waals surface area contributed by atoms with Crippen molar-refractivity contribution >= 4 is 11.7 Å². The van der Waals surface area contributed by atoms with Gasteiger partial charge in [0.15, 0.2) is 11.5 Å². The topological polar surface area (TPSA) is 79.7 Å². The first-order valence-electron chi connectivity index (χ1n) is 10.7. The molecule has 6 heteroatoms. The van der Waals surface area contributed by atoms with Crippen LogP contribution in [0.2, 0.25) is 0 Å². The van der Waals surface area contributed by atoms with Gasteiger partial charge in [0.25, 0.3) is 5.91 Å². The number of carbonyl (C=O) groups is 2. The van der Waals surface area contributed by atoms with E-state index in [4.69, 9.17) is 4.74 Å². The molecule has 0 saturated carbocycles. The smallest absolute Gasteiger partial charge is 0.290 e. The maximum atomic E-state index is 13.0.